The van der Waals surface area contributed by atoms with Crippen molar-refractivity contribution in [2.45, 2.75) is 19.4 Å². The standard InChI is InChI=1S/C14H18N2O/c1-17-13-4-2-3-11-7-12-6-5-10(8-15)9-16(12)14(11)13/h2-4,7,10H,5-6,8-9,15H2,1H3. The van der Waals surface area contributed by atoms with Gasteiger partial charge in [0.2, 0.25) is 0 Å². The van der Waals surface area contributed by atoms with Gasteiger partial charge in [0.15, 0.2) is 0 Å². The predicted octanol–water partition coefficient (Wildman–Crippen LogP) is 2.17. The van der Waals surface area contributed by atoms with E-state index < -0.39 is 0 Å². The van der Waals surface area contributed by atoms with Crippen LogP contribution in [0, 0.1) is 5.92 Å². The largest absolute Gasteiger partial charge is 0.495 e. The average Bonchev–Trinajstić information content (AvgIpc) is 2.75. The molecule has 2 aromatic rings. The first-order chi connectivity index (χ1) is 8.33. The summed E-state index contributed by atoms with van der Waals surface area (Å²) in [7, 11) is 1.73. The summed E-state index contributed by atoms with van der Waals surface area (Å²) >= 11 is 0. The Labute approximate surface area is 101 Å². The van der Waals surface area contributed by atoms with Crippen LogP contribution in [0.1, 0.15) is 12.1 Å². The van der Waals surface area contributed by atoms with E-state index in [0.717, 1.165) is 25.3 Å². The molecule has 0 radical (unpaired) electrons. The molecule has 1 aliphatic heterocycles. The van der Waals surface area contributed by atoms with Gasteiger partial charge in [-0.1, -0.05) is 12.1 Å². The Hall–Kier alpha value is -1.48. The smallest absolute Gasteiger partial charge is 0.143 e. The summed E-state index contributed by atoms with van der Waals surface area (Å²) in [5.41, 5.74) is 8.44. The zero-order chi connectivity index (χ0) is 11.8. The highest BCUT2D eigenvalue weighted by Crippen LogP contribution is 2.33. The average molecular weight is 230 g/mol. The summed E-state index contributed by atoms with van der Waals surface area (Å²) in [6.45, 7) is 1.80. The SMILES string of the molecule is COc1cccc2cc3n(c12)CC(CN)CC3. The molecule has 90 valence electrons. The van der Waals surface area contributed by atoms with Crippen LogP contribution < -0.4 is 10.5 Å². The monoisotopic (exact) mass is 230 g/mol. The summed E-state index contributed by atoms with van der Waals surface area (Å²) in [6.07, 6.45) is 2.33. The number of hydrogen-bond acceptors (Lipinski definition) is 2. The van der Waals surface area contributed by atoms with Crippen molar-refractivity contribution in [1.29, 1.82) is 0 Å². The summed E-state index contributed by atoms with van der Waals surface area (Å²) < 4.78 is 7.85. The molecule has 17 heavy (non-hydrogen) atoms. The first-order valence-electron chi connectivity index (χ1n) is 6.18. The fourth-order valence-corrected chi connectivity index (χ4v) is 2.82. The first kappa shape index (κ1) is 10.7. The van der Waals surface area contributed by atoms with Crippen molar-refractivity contribution < 1.29 is 4.74 Å². The van der Waals surface area contributed by atoms with E-state index in [9.17, 15) is 0 Å². The maximum Gasteiger partial charge on any atom is 0.143 e. The third kappa shape index (κ3) is 1.62. The van der Waals surface area contributed by atoms with Gasteiger partial charge in [0.1, 0.15) is 5.75 Å². The molecule has 2 heterocycles. The molecule has 0 spiro atoms. The lowest BCUT2D eigenvalue weighted by atomic mass is 9.98. The van der Waals surface area contributed by atoms with Gasteiger partial charge < -0.3 is 15.0 Å². The van der Waals surface area contributed by atoms with Crippen LogP contribution in [-0.2, 0) is 13.0 Å². The maximum atomic E-state index is 5.80. The molecule has 1 aromatic carbocycles. The summed E-state index contributed by atoms with van der Waals surface area (Å²) in [5, 5.41) is 1.28. The fourth-order valence-electron chi connectivity index (χ4n) is 2.82. The van der Waals surface area contributed by atoms with Crippen molar-refractivity contribution in [3.8, 4) is 5.75 Å². The Morgan fingerprint density at radius 1 is 1.47 bits per heavy atom. The minimum Gasteiger partial charge on any atom is -0.495 e. The summed E-state index contributed by atoms with van der Waals surface area (Å²) in [5.74, 6) is 1.56. The van der Waals surface area contributed by atoms with Crippen LogP contribution in [0.25, 0.3) is 10.9 Å². The number of methoxy groups -OCH3 is 1. The van der Waals surface area contributed by atoms with Gasteiger partial charge in [-0.15, -0.1) is 0 Å². The van der Waals surface area contributed by atoms with Crippen molar-refractivity contribution in [3.05, 3.63) is 30.0 Å². The first-order valence-corrected chi connectivity index (χ1v) is 6.18. The summed E-state index contributed by atoms with van der Waals surface area (Å²) in [6, 6.07) is 8.51. The van der Waals surface area contributed by atoms with Crippen LogP contribution in [0.2, 0.25) is 0 Å². The number of nitrogens with two attached hydrogens (primary N) is 1. The Kier molecular flexibility index (Phi) is 2.56. The van der Waals surface area contributed by atoms with E-state index in [1.807, 2.05) is 12.1 Å². The molecule has 0 fully saturated rings. The van der Waals surface area contributed by atoms with Crippen LogP contribution in [0.5, 0.6) is 5.75 Å². The van der Waals surface area contributed by atoms with Crippen molar-refractivity contribution in [2.24, 2.45) is 11.7 Å². The number of aryl methyl sites for hydroxylation is 1. The molecule has 3 rings (SSSR count). The molecule has 3 nitrogen and oxygen atoms in total. The van der Waals surface area contributed by atoms with Crippen LogP contribution >= 0.6 is 0 Å². The van der Waals surface area contributed by atoms with Crippen molar-refractivity contribution in [1.82, 2.24) is 4.57 Å². The number of nitrogens with zero attached hydrogens (tertiary/aromatic N) is 1. The highest BCUT2D eigenvalue weighted by molar-refractivity contribution is 5.87. The maximum absolute atomic E-state index is 5.80. The molecule has 1 atom stereocenters. The molecule has 0 saturated heterocycles. The van der Waals surface area contributed by atoms with Gasteiger partial charge >= 0.3 is 0 Å². The van der Waals surface area contributed by atoms with Gasteiger partial charge in [-0.05, 0) is 37.4 Å². The highest BCUT2D eigenvalue weighted by atomic mass is 16.5. The quantitative estimate of drug-likeness (QED) is 0.859. The van der Waals surface area contributed by atoms with Gasteiger partial charge in [-0.3, -0.25) is 0 Å². The molecule has 0 amide bonds. The molecule has 1 aliphatic rings. The highest BCUT2D eigenvalue weighted by Gasteiger charge is 2.21. The van der Waals surface area contributed by atoms with Gasteiger partial charge in [-0.25, -0.2) is 0 Å². The molecule has 0 aliphatic carbocycles. The lowest BCUT2D eigenvalue weighted by molar-refractivity contribution is 0.378. The van der Waals surface area contributed by atoms with Crippen molar-refractivity contribution in [3.63, 3.8) is 0 Å². The molecule has 1 unspecified atom stereocenters. The number of hydrogen-bond donors (Lipinski definition) is 1. The summed E-state index contributed by atoms with van der Waals surface area (Å²) in [4.78, 5) is 0. The predicted molar refractivity (Wildman–Crippen MR) is 69.4 cm³/mol. The van der Waals surface area contributed by atoms with Gasteiger partial charge in [0.25, 0.3) is 0 Å². The second-order valence-electron chi connectivity index (χ2n) is 4.78. The zero-order valence-corrected chi connectivity index (χ0v) is 10.1. The minimum absolute atomic E-state index is 0.600. The van der Waals surface area contributed by atoms with Crippen LogP contribution in [-0.4, -0.2) is 18.2 Å². The Morgan fingerprint density at radius 2 is 2.35 bits per heavy atom. The minimum atomic E-state index is 0.600. The van der Waals surface area contributed by atoms with E-state index in [1.54, 1.807) is 7.11 Å². The number of rotatable bonds is 2. The third-order valence-electron chi connectivity index (χ3n) is 3.77. The van der Waals surface area contributed by atoms with Crippen LogP contribution in [0.3, 0.4) is 0 Å². The zero-order valence-electron chi connectivity index (χ0n) is 10.1. The van der Waals surface area contributed by atoms with Crippen molar-refractivity contribution >= 4 is 10.9 Å². The molecule has 0 saturated carbocycles. The van der Waals surface area contributed by atoms with Crippen LogP contribution in [0.4, 0.5) is 0 Å². The van der Waals surface area contributed by atoms with E-state index in [4.69, 9.17) is 10.5 Å². The number of para-hydroxylation sites is 1. The molecule has 1 aromatic heterocycles. The van der Waals surface area contributed by atoms with Gasteiger partial charge in [0, 0.05) is 17.6 Å². The Bertz CT molecular complexity index is 544. The molecule has 3 heteroatoms. The van der Waals surface area contributed by atoms with E-state index in [0.29, 0.717) is 5.92 Å². The molecular formula is C14H18N2O. The van der Waals surface area contributed by atoms with E-state index in [-0.39, 0.29) is 0 Å². The Morgan fingerprint density at radius 3 is 3.12 bits per heavy atom. The normalized spacial score (nSPS) is 19.3. The van der Waals surface area contributed by atoms with Gasteiger partial charge in [-0.2, -0.15) is 0 Å². The number of benzene rings is 1. The lowest BCUT2D eigenvalue weighted by Gasteiger charge is -2.24. The Balaban J connectivity index is 2.19. The second kappa shape index (κ2) is 4.08. The fraction of sp³-hybridized carbons (Fsp3) is 0.429. The topological polar surface area (TPSA) is 40.2 Å². The number of ether oxygens (including phenoxy) is 1. The van der Waals surface area contributed by atoms with E-state index >= 15 is 0 Å². The van der Waals surface area contributed by atoms with E-state index in [1.165, 1.54) is 23.0 Å². The molecular weight excluding hydrogens is 212 g/mol. The number of fused-ring (bicyclic) bond motifs is 3. The van der Waals surface area contributed by atoms with Crippen LogP contribution in [0.15, 0.2) is 24.3 Å². The number of aromatic nitrogens is 1. The third-order valence-corrected chi connectivity index (χ3v) is 3.77. The molecule has 0 bridgehead atoms. The van der Waals surface area contributed by atoms with Crippen molar-refractivity contribution in [2.75, 3.05) is 13.7 Å². The van der Waals surface area contributed by atoms with E-state index in [2.05, 4.69) is 16.7 Å². The van der Waals surface area contributed by atoms with Gasteiger partial charge in [0.05, 0.1) is 12.6 Å². The molecule has 2 N–H and O–H groups in total. The lowest BCUT2D eigenvalue weighted by Crippen LogP contribution is -2.26. The second-order valence-corrected chi connectivity index (χ2v) is 4.78.